The van der Waals surface area contributed by atoms with Gasteiger partial charge in [-0.2, -0.15) is 0 Å². The van der Waals surface area contributed by atoms with Gasteiger partial charge in [0.15, 0.2) is 6.29 Å². The highest BCUT2D eigenvalue weighted by molar-refractivity contribution is 5.84. The fourth-order valence-electron chi connectivity index (χ4n) is 1.45. The number of carbonyl (C=O) groups excluding carboxylic acids is 1. The zero-order valence-electron chi connectivity index (χ0n) is 9.33. The normalized spacial score (nSPS) is 12.3. The Morgan fingerprint density at radius 2 is 2.20 bits per heavy atom. The predicted octanol–water partition coefficient (Wildman–Crippen LogP) is 2.87. The fourth-order valence-corrected chi connectivity index (χ4v) is 1.45. The molecule has 2 nitrogen and oxygen atoms in total. The Bertz CT molecular complexity index is 351. The molecule has 1 aromatic rings. The quantitative estimate of drug-likeness (QED) is 0.711. The number of hydrogen-bond donors (Lipinski definition) is 0. The number of aldehydes is 1. The van der Waals surface area contributed by atoms with Gasteiger partial charge in [-0.3, -0.25) is 4.79 Å². The largest absolute Gasteiger partial charge is 0.371 e. The van der Waals surface area contributed by atoms with Crippen LogP contribution >= 0.6 is 0 Å². The average molecular weight is 209 g/mol. The summed E-state index contributed by atoms with van der Waals surface area (Å²) in [6, 6.07) is 4.61. The van der Waals surface area contributed by atoms with Crippen molar-refractivity contribution in [3.05, 3.63) is 29.6 Å². The van der Waals surface area contributed by atoms with E-state index in [0.717, 1.165) is 12.1 Å². The molecule has 0 amide bonds. The van der Waals surface area contributed by atoms with Crippen LogP contribution in [0.2, 0.25) is 0 Å². The first kappa shape index (κ1) is 11.7. The predicted molar refractivity (Wildman–Crippen MR) is 59.9 cm³/mol. The van der Waals surface area contributed by atoms with Crippen LogP contribution < -0.4 is 4.90 Å². The number of halogens is 1. The maximum absolute atomic E-state index is 12.9. The topological polar surface area (TPSA) is 20.3 Å². The van der Waals surface area contributed by atoms with E-state index in [1.807, 2.05) is 11.9 Å². The molecule has 1 atom stereocenters. The summed E-state index contributed by atoms with van der Waals surface area (Å²) in [7, 11) is 1.91. The van der Waals surface area contributed by atoms with Gasteiger partial charge >= 0.3 is 0 Å². The van der Waals surface area contributed by atoms with Gasteiger partial charge in [-0.25, -0.2) is 4.39 Å². The lowest BCUT2D eigenvalue weighted by Crippen LogP contribution is -2.28. The van der Waals surface area contributed by atoms with Crippen LogP contribution in [0.4, 0.5) is 10.1 Å². The second-order valence-corrected chi connectivity index (χ2v) is 3.69. The highest BCUT2D eigenvalue weighted by Gasteiger charge is 2.12. The van der Waals surface area contributed by atoms with E-state index in [1.54, 1.807) is 6.07 Å². The van der Waals surface area contributed by atoms with Crippen molar-refractivity contribution in [2.24, 2.45) is 0 Å². The maximum Gasteiger partial charge on any atom is 0.152 e. The molecule has 0 aliphatic rings. The van der Waals surface area contributed by atoms with Gasteiger partial charge in [0.25, 0.3) is 0 Å². The van der Waals surface area contributed by atoms with E-state index < -0.39 is 0 Å². The van der Waals surface area contributed by atoms with Crippen molar-refractivity contribution in [3.8, 4) is 0 Å². The van der Waals surface area contributed by atoms with E-state index in [1.165, 1.54) is 12.1 Å². The van der Waals surface area contributed by atoms with Gasteiger partial charge in [0.2, 0.25) is 0 Å². The van der Waals surface area contributed by atoms with Crippen molar-refractivity contribution in [1.82, 2.24) is 0 Å². The van der Waals surface area contributed by atoms with E-state index in [-0.39, 0.29) is 5.82 Å². The van der Waals surface area contributed by atoms with E-state index in [2.05, 4.69) is 13.8 Å². The molecule has 0 bridgehead atoms. The van der Waals surface area contributed by atoms with Gasteiger partial charge in [-0.05, 0) is 31.5 Å². The molecule has 1 rings (SSSR count). The van der Waals surface area contributed by atoms with E-state index >= 15 is 0 Å². The van der Waals surface area contributed by atoms with Crippen LogP contribution in [-0.4, -0.2) is 19.4 Å². The molecule has 0 N–H and O–H groups in total. The van der Waals surface area contributed by atoms with Gasteiger partial charge < -0.3 is 4.90 Å². The minimum absolute atomic E-state index is 0.328. The summed E-state index contributed by atoms with van der Waals surface area (Å²) in [5.74, 6) is -0.376. The third-order valence-corrected chi connectivity index (χ3v) is 2.75. The second-order valence-electron chi connectivity index (χ2n) is 3.69. The molecule has 0 aromatic heterocycles. The Morgan fingerprint density at radius 3 is 2.73 bits per heavy atom. The van der Waals surface area contributed by atoms with Crippen molar-refractivity contribution < 1.29 is 9.18 Å². The van der Waals surface area contributed by atoms with Crippen molar-refractivity contribution in [2.75, 3.05) is 11.9 Å². The zero-order chi connectivity index (χ0) is 11.4. The van der Waals surface area contributed by atoms with Gasteiger partial charge in [-0.15, -0.1) is 0 Å². The first-order valence-electron chi connectivity index (χ1n) is 5.07. The summed E-state index contributed by atoms with van der Waals surface area (Å²) < 4.78 is 12.9. The van der Waals surface area contributed by atoms with E-state index in [0.29, 0.717) is 17.9 Å². The Balaban J connectivity index is 3.07. The SMILES string of the molecule is CCC(C)N(C)c1ccc(F)cc1C=O. The van der Waals surface area contributed by atoms with Crippen LogP contribution in [0, 0.1) is 5.82 Å². The van der Waals surface area contributed by atoms with E-state index in [9.17, 15) is 9.18 Å². The summed E-state index contributed by atoms with van der Waals surface area (Å²) in [5.41, 5.74) is 1.18. The summed E-state index contributed by atoms with van der Waals surface area (Å²) in [4.78, 5) is 12.8. The lowest BCUT2D eigenvalue weighted by Gasteiger charge is -2.27. The average Bonchev–Trinajstić information content (AvgIpc) is 2.26. The van der Waals surface area contributed by atoms with E-state index in [4.69, 9.17) is 0 Å². The molecule has 0 aliphatic carbocycles. The van der Waals surface area contributed by atoms with Crippen LogP contribution in [-0.2, 0) is 0 Å². The Kier molecular flexibility index (Phi) is 3.83. The first-order chi connectivity index (χ1) is 7.10. The standard InChI is InChI=1S/C12H16FNO/c1-4-9(2)14(3)12-6-5-11(13)7-10(12)8-15/h5-9H,4H2,1-3H3. The van der Waals surface area contributed by atoms with Gasteiger partial charge in [0.1, 0.15) is 5.82 Å². The van der Waals surface area contributed by atoms with Crippen LogP contribution in [0.1, 0.15) is 30.6 Å². The molecule has 82 valence electrons. The molecule has 0 aliphatic heterocycles. The van der Waals surface area contributed by atoms with Crippen LogP contribution in [0.5, 0.6) is 0 Å². The molecule has 0 saturated heterocycles. The molecular weight excluding hydrogens is 193 g/mol. The number of nitrogens with zero attached hydrogens (tertiary/aromatic N) is 1. The minimum Gasteiger partial charge on any atom is -0.371 e. The Labute approximate surface area is 89.7 Å². The lowest BCUT2D eigenvalue weighted by atomic mass is 10.1. The second kappa shape index (κ2) is 4.91. The highest BCUT2D eigenvalue weighted by Crippen LogP contribution is 2.21. The lowest BCUT2D eigenvalue weighted by molar-refractivity contribution is 0.112. The zero-order valence-corrected chi connectivity index (χ0v) is 9.33. The number of carbonyl (C=O) groups is 1. The van der Waals surface area contributed by atoms with Crippen LogP contribution in [0.15, 0.2) is 18.2 Å². The summed E-state index contributed by atoms with van der Waals surface area (Å²) >= 11 is 0. The monoisotopic (exact) mass is 209 g/mol. The fraction of sp³-hybridized carbons (Fsp3) is 0.417. The smallest absolute Gasteiger partial charge is 0.152 e. The molecule has 0 spiro atoms. The van der Waals surface area contributed by atoms with Gasteiger partial charge in [-0.1, -0.05) is 6.92 Å². The van der Waals surface area contributed by atoms with Crippen molar-refractivity contribution in [3.63, 3.8) is 0 Å². The molecule has 0 heterocycles. The Morgan fingerprint density at radius 1 is 1.53 bits per heavy atom. The van der Waals surface area contributed by atoms with Gasteiger partial charge in [0, 0.05) is 24.3 Å². The molecule has 1 aromatic carbocycles. The molecule has 0 radical (unpaired) electrons. The molecule has 0 saturated carbocycles. The maximum atomic E-state index is 12.9. The number of hydrogen-bond acceptors (Lipinski definition) is 2. The molecular formula is C12H16FNO. The number of rotatable bonds is 4. The highest BCUT2D eigenvalue weighted by atomic mass is 19.1. The van der Waals surface area contributed by atoms with Crippen molar-refractivity contribution in [2.45, 2.75) is 26.3 Å². The van der Waals surface area contributed by atoms with Crippen molar-refractivity contribution in [1.29, 1.82) is 0 Å². The molecule has 3 heteroatoms. The number of anilines is 1. The molecule has 1 unspecified atom stereocenters. The Hall–Kier alpha value is -1.38. The summed E-state index contributed by atoms with van der Waals surface area (Å²) in [5, 5.41) is 0. The molecule has 15 heavy (non-hydrogen) atoms. The van der Waals surface area contributed by atoms with Crippen LogP contribution in [0.25, 0.3) is 0 Å². The third-order valence-electron chi connectivity index (χ3n) is 2.75. The van der Waals surface area contributed by atoms with Crippen LogP contribution in [0.3, 0.4) is 0 Å². The third kappa shape index (κ3) is 2.55. The summed E-state index contributed by atoms with van der Waals surface area (Å²) in [6.45, 7) is 4.14. The van der Waals surface area contributed by atoms with Gasteiger partial charge in [0.05, 0.1) is 0 Å². The van der Waals surface area contributed by atoms with Crippen molar-refractivity contribution >= 4 is 12.0 Å². The summed E-state index contributed by atoms with van der Waals surface area (Å²) in [6.07, 6.45) is 1.67. The molecule has 0 fully saturated rings. The first-order valence-corrected chi connectivity index (χ1v) is 5.07. The number of benzene rings is 1. The minimum atomic E-state index is -0.376.